The van der Waals surface area contributed by atoms with Crippen LogP contribution >= 0.6 is 23.1 Å². The van der Waals surface area contributed by atoms with Crippen LogP contribution in [-0.2, 0) is 5.75 Å². The molecular weight excluding hydrogens is 370 g/mol. The number of thioether (sulfide) groups is 1. The van der Waals surface area contributed by atoms with Crippen molar-refractivity contribution in [2.45, 2.75) is 10.1 Å². The maximum absolute atomic E-state index is 5.41. The SMILES string of the molecule is COc1ccc(Nc2nnc(SCc3cc(OC)ccc3OC)s2)cc1. The lowest BCUT2D eigenvalue weighted by Gasteiger charge is -2.09. The Morgan fingerprint density at radius 2 is 1.65 bits per heavy atom. The van der Waals surface area contributed by atoms with Crippen molar-refractivity contribution in [3.05, 3.63) is 48.0 Å². The zero-order valence-electron chi connectivity index (χ0n) is 14.7. The topological polar surface area (TPSA) is 65.5 Å². The van der Waals surface area contributed by atoms with E-state index in [1.54, 1.807) is 33.1 Å². The van der Waals surface area contributed by atoms with Gasteiger partial charge >= 0.3 is 0 Å². The normalized spacial score (nSPS) is 10.4. The molecule has 0 saturated carbocycles. The van der Waals surface area contributed by atoms with Crippen molar-refractivity contribution in [2.75, 3.05) is 26.6 Å². The molecule has 0 unspecified atom stereocenters. The molecule has 0 atom stereocenters. The lowest BCUT2D eigenvalue weighted by atomic mass is 10.2. The van der Waals surface area contributed by atoms with Crippen molar-refractivity contribution in [3.63, 3.8) is 0 Å². The van der Waals surface area contributed by atoms with Crippen LogP contribution < -0.4 is 19.5 Å². The molecule has 0 aliphatic rings. The Morgan fingerprint density at radius 1 is 0.923 bits per heavy atom. The van der Waals surface area contributed by atoms with Crippen LogP contribution in [0.3, 0.4) is 0 Å². The molecule has 0 fully saturated rings. The van der Waals surface area contributed by atoms with Crippen LogP contribution in [0.1, 0.15) is 5.56 Å². The second-order valence-electron chi connectivity index (χ2n) is 5.19. The number of hydrogen-bond acceptors (Lipinski definition) is 8. The standard InChI is InChI=1S/C18H19N3O3S2/c1-22-14-6-4-13(5-7-14)19-17-20-21-18(26-17)25-11-12-10-15(23-2)8-9-16(12)24-3/h4-10H,11H2,1-3H3,(H,19,20). The van der Waals surface area contributed by atoms with E-state index in [-0.39, 0.29) is 0 Å². The molecule has 2 aromatic carbocycles. The van der Waals surface area contributed by atoms with Gasteiger partial charge in [0.1, 0.15) is 17.2 Å². The van der Waals surface area contributed by atoms with Crippen LogP contribution in [0.5, 0.6) is 17.2 Å². The van der Waals surface area contributed by atoms with Crippen LogP contribution in [0.4, 0.5) is 10.8 Å². The van der Waals surface area contributed by atoms with Gasteiger partial charge in [-0.25, -0.2) is 0 Å². The highest BCUT2D eigenvalue weighted by Crippen LogP contribution is 2.33. The van der Waals surface area contributed by atoms with Crippen LogP contribution in [0.15, 0.2) is 46.8 Å². The minimum Gasteiger partial charge on any atom is -0.497 e. The Morgan fingerprint density at radius 3 is 2.35 bits per heavy atom. The quantitative estimate of drug-likeness (QED) is 0.565. The summed E-state index contributed by atoms with van der Waals surface area (Å²) in [5.74, 6) is 3.17. The van der Waals surface area contributed by atoms with Crippen LogP contribution in [0.25, 0.3) is 0 Å². The van der Waals surface area contributed by atoms with Gasteiger partial charge in [0, 0.05) is 17.0 Å². The summed E-state index contributed by atoms with van der Waals surface area (Å²) in [6.45, 7) is 0. The second-order valence-corrected chi connectivity index (χ2v) is 7.39. The van der Waals surface area contributed by atoms with E-state index in [2.05, 4.69) is 15.5 Å². The number of rotatable bonds is 8. The van der Waals surface area contributed by atoms with Gasteiger partial charge in [-0.1, -0.05) is 23.1 Å². The summed E-state index contributed by atoms with van der Waals surface area (Å²) in [5, 5.41) is 12.4. The second kappa shape index (κ2) is 8.77. The van der Waals surface area contributed by atoms with Gasteiger partial charge in [0.2, 0.25) is 5.13 Å². The number of methoxy groups -OCH3 is 3. The first kappa shape index (κ1) is 18.3. The third kappa shape index (κ3) is 4.59. The number of hydrogen-bond donors (Lipinski definition) is 1. The van der Waals surface area contributed by atoms with E-state index in [1.165, 1.54) is 11.3 Å². The Hall–Kier alpha value is -2.45. The zero-order valence-corrected chi connectivity index (χ0v) is 16.3. The fourth-order valence-corrected chi connectivity index (χ4v) is 4.00. The molecule has 0 spiro atoms. The van der Waals surface area contributed by atoms with E-state index in [9.17, 15) is 0 Å². The third-order valence-electron chi connectivity index (χ3n) is 3.59. The van der Waals surface area contributed by atoms with Gasteiger partial charge in [0.25, 0.3) is 0 Å². The summed E-state index contributed by atoms with van der Waals surface area (Å²) in [6.07, 6.45) is 0. The molecule has 136 valence electrons. The number of anilines is 2. The Kier molecular flexibility index (Phi) is 6.19. The lowest BCUT2D eigenvalue weighted by molar-refractivity contribution is 0.400. The van der Waals surface area contributed by atoms with E-state index in [0.717, 1.165) is 43.7 Å². The Balaban J connectivity index is 1.63. The van der Waals surface area contributed by atoms with Gasteiger partial charge in [-0.05, 0) is 42.5 Å². The average molecular weight is 390 g/mol. The van der Waals surface area contributed by atoms with Crippen molar-refractivity contribution in [3.8, 4) is 17.2 Å². The molecule has 1 N–H and O–H groups in total. The van der Waals surface area contributed by atoms with Crippen molar-refractivity contribution < 1.29 is 14.2 Å². The molecule has 3 rings (SSSR count). The first-order valence-electron chi connectivity index (χ1n) is 7.80. The van der Waals surface area contributed by atoms with Crippen molar-refractivity contribution >= 4 is 33.9 Å². The predicted octanol–water partition coefficient (Wildman–Crippen LogP) is 4.60. The van der Waals surface area contributed by atoms with Crippen LogP contribution in [0.2, 0.25) is 0 Å². The molecule has 3 aromatic rings. The first-order chi connectivity index (χ1) is 12.7. The molecule has 8 heteroatoms. The minimum absolute atomic E-state index is 0.720. The Labute approximate surface area is 160 Å². The molecule has 0 saturated heterocycles. The fraction of sp³-hybridized carbons (Fsp3) is 0.222. The highest BCUT2D eigenvalue weighted by molar-refractivity contribution is 8.00. The molecule has 1 aromatic heterocycles. The zero-order chi connectivity index (χ0) is 18.4. The summed E-state index contributed by atoms with van der Waals surface area (Å²) < 4.78 is 16.7. The molecular formula is C18H19N3O3S2. The Bertz CT molecular complexity index is 853. The first-order valence-corrected chi connectivity index (χ1v) is 9.60. The van der Waals surface area contributed by atoms with Gasteiger partial charge < -0.3 is 19.5 Å². The van der Waals surface area contributed by atoms with Crippen molar-refractivity contribution in [1.82, 2.24) is 10.2 Å². The van der Waals surface area contributed by atoms with E-state index < -0.39 is 0 Å². The van der Waals surface area contributed by atoms with Gasteiger partial charge in [0.15, 0.2) is 4.34 Å². The third-order valence-corrected chi connectivity index (χ3v) is 5.61. The van der Waals surface area contributed by atoms with Gasteiger partial charge in [-0.15, -0.1) is 10.2 Å². The summed E-state index contributed by atoms with van der Waals surface area (Å²) in [5.41, 5.74) is 1.99. The van der Waals surface area contributed by atoms with Crippen molar-refractivity contribution in [1.29, 1.82) is 0 Å². The summed E-state index contributed by atoms with van der Waals surface area (Å²) in [7, 11) is 4.96. The minimum atomic E-state index is 0.720. The van der Waals surface area contributed by atoms with E-state index >= 15 is 0 Å². The summed E-state index contributed by atoms with van der Waals surface area (Å²) in [6, 6.07) is 13.4. The largest absolute Gasteiger partial charge is 0.497 e. The molecule has 6 nitrogen and oxygen atoms in total. The predicted molar refractivity (Wildman–Crippen MR) is 105 cm³/mol. The van der Waals surface area contributed by atoms with Crippen molar-refractivity contribution in [2.24, 2.45) is 0 Å². The van der Waals surface area contributed by atoms with Gasteiger partial charge in [-0.2, -0.15) is 0 Å². The summed E-state index contributed by atoms with van der Waals surface area (Å²) >= 11 is 3.12. The van der Waals surface area contributed by atoms with E-state index in [1.807, 2.05) is 42.5 Å². The molecule has 0 amide bonds. The molecule has 0 bridgehead atoms. The molecule has 1 heterocycles. The molecule has 0 radical (unpaired) electrons. The number of aromatic nitrogens is 2. The number of nitrogens with one attached hydrogen (secondary N) is 1. The smallest absolute Gasteiger partial charge is 0.210 e. The molecule has 26 heavy (non-hydrogen) atoms. The number of benzene rings is 2. The number of ether oxygens (including phenoxy) is 3. The summed E-state index contributed by atoms with van der Waals surface area (Å²) in [4.78, 5) is 0. The lowest BCUT2D eigenvalue weighted by Crippen LogP contribution is -1.92. The number of nitrogens with zero attached hydrogens (tertiary/aromatic N) is 2. The molecule has 0 aliphatic carbocycles. The van der Waals surface area contributed by atoms with Gasteiger partial charge in [0.05, 0.1) is 21.3 Å². The average Bonchev–Trinajstić information content (AvgIpc) is 3.14. The highest BCUT2D eigenvalue weighted by atomic mass is 32.2. The van der Waals surface area contributed by atoms with Gasteiger partial charge in [-0.3, -0.25) is 0 Å². The van der Waals surface area contributed by atoms with Crippen LogP contribution in [0, 0.1) is 0 Å². The fourth-order valence-electron chi connectivity index (χ4n) is 2.25. The maximum atomic E-state index is 5.41. The monoisotopic (exact) mass is 389 g/mol. The van der Waals surface area contributed by atoms with Crippen LogP contribution in [-0.4, -0.2) is 31.5 Å². The van der Waals surface area contributed by atoms with E-state index in [0.29, 0.717) is 0 Å². The maximum Gasteiger partial charge on any atom is 0.210 e. The van der Waals surface area contributed by atoms with E-state index in [4.69, 9.17) is 14.2 Å². The highest BCUT2D eigenvalue weighted by Gasteiger charge is 2.09. The molecule has 0 aliphatic heterocycles.